The number of halogens is 1. The monoisotopic (exact) mass is 347 g/mol. The first-order valence-electron chi connectivity index (χ1n) is 6.43. The van der Waals surface area contributed by atoms with Crippen LogP contribution in [0.1, 0.15) is 11.9 Å². The highest BCUT2D eigenvalue weighted by atomic mass is 79.9. The molecule has 0 unspecified atom stereocenters. The summed E-state index contributed by atoms with van der Waals surface area (Å²) in [5.74, 6) is 0.763. The molecular weight excluding hydrogens is 326 g/mol. The summed E-state index contributed by atoms with van der Waals surface area (Å²) in [7, 11) is 5.10. The Morgan fingerprint density at radius 1 is 1.15 bits per heavy atom. The van der Waals surface area contributed by atoms with Crippen LogP contribution in [0.25, 0.3) is 0 Å². The topological polar surface area (TPSA) is 49.0 Å². The average molecular weight is 348 g/mol. The Balaban J connectivity index is 2.48. The summed E-state index contributed by atoms with van der Waals surface area (Å²) in [6, 6.07) is 5.70. The average Bonchev–Trinajstić information content (AvgIpc) is 2.47. The molecule has 20 heavy (non-hydrogen) atoms. The number of likely N-dealkylation sites (N-methyl/N-ethyl adjacent to an activating group) is 1. The molecule has 6 heteroatoms. The number of hydrogen-bond acceptors (Lipinski definition) is 5. The number of rotatable bonds is 10. The third-order valence-corrected chi connectivity index (χ3v) is 3.36. The Bertz CT molecular complexity index is 385. The molecule has 0 bridgehead atoms. The number of hydrogen-bond donors (Lipinski definition) is 1. The van der Waals surface area contributed by atoms with Crippen molar-refractivity contribution in [2.75, 3.05) is 47.6 Å². The molecule has 0 radical (unpaired) electrons. The van der Waals surface area contributed by atoms with Crippen LogP contribution in [0.5, 0.6) is 5.75 Å². The van der Waals surface area contributed by atoms with Crippen molar-refractivity contribution in [2.24, 2.45) is 0 Å². The van der Waals surface area contributed by atoms with Gasteiger partial charge in [0.25, 0.3) is 0 Å². The zero-order valence-corrected chi connectivity index (χ0v) is 13.7. The maximum Gasteiger partial charge on any atom is 0.184 e. The third-order valence-electron chi connectivity index (χ3n) is 2.64. The predicted octanol–water partition coefficient (Wildman–Crippen LogP) is 2.36. The van der Waals surface area contributed by atoms with Gasteiger partial charge in [-0.05, 0) is 25.2 Å². The van der Waals surface area contributed by atoms with Crippen molar-refractivity contribution < 1.29 is 18.9 Å². The number of ether oxygens (including phenoxy) is 4. The van der Waals surface area contributed by atoms with Gasteiger partial charge in [-0.2, -0.15) is 0 Å². The molecular formula is C14H22BrNO4. The predicted molar refractivity (Wildman–Crippen MR) is 81.1 cm³/mol. The maximum atomic E-state index is 5.64. The molecule has 0 heterocycles. The van der Waals surface area contributed by atoms with Crippen LogP contribution in [0.2, 0.25) is 0 Å². The lowest BCUT2D eigenvalue weighted by Crippen LogP contribution is -2.16. The highest BCUT2D eigenvalue weighted by Gasteiger charge is 2.13. The van der Waals surface area contributed by atoms with Gasteiger partial charge in [0.1, 0.15) is 12.4 Å². The van der Waals surface area contributed by atoms with Gasteiger partial charge in [0.2, 0.25) is 0 Å². The molecule has 0 aliphatic rings. The molecule has 0 aliphatic carbocycles. The van der Waals surface area contributed by atoms with Crippen LogP contribution in [0, 0.1) is 0 Å². The van der Waals surface area contributed by atoms with E-state index >= 15 is 0 Å². The van der Waals surface area contributed by atoms with E-state index in [0.29, 0.717) is 19.8 Å². The summed E-state index contributed by atoms with van der Waals surface area (Å²) in [5.41, 5.74) is 0.892. The van der Waals surface area contributed by atoms with Crippen molar-refractivity contribution in [1.29, 1.82) is 0 Å². The SMILES string of the molecule is CNCCOCCOc1ccc(Br)c(C(OC)OC)c1. The lowest BCUT2D eigenvalue weighted by atomic mass is 10.2. The van der Waals surface area contributed by atoms with Gasteiger partial charge in [0.15, 0.2) is 6.29 Å². The number of methoxy groups -OCH3 is 2. The van der Waals surface area contributed by atoms with Gasteiger partial charge in [-0.25, -0.2) is 0 Å². The Hall–Kier alpha value is -0.660. The van der Waals surface area contributed by atoms with E-state index in [4.69, 9.17) is 18.9 Å². The van der Waals surface area contributed by atoms with Crippen molar-refractivity contribution >= 4 is 15.9 Å². The fraction of sp³-hybridized carbons (Fsp3) is 0.571. The van der Waals surface area contributed by atoms with E-state index in [9.17, 15) is 0 Å². The van der Waals surface area contributed by atoms with E-state index in [2.05, 4.69) is 21.2 Å². The van der Waals surface area contributed by atoms with Gasteiger partial charge in [0.05, 0.1) is 13.2 Å². The molecule has 114 valence electrons. The highest BCUT2D eigenvalue weighted by molar-refractivity contribution is 9.10. The smallest absolute Gasteiger partial charge is 0.184 e. The largest absolute Gasteiger partial charge is 0.491 e. The molecule has 1 N–H and O–H groups in total. The normalized spacial score (nSPS) is 11.1. The summed E-state index contributed by atoms with van der Waals surface area (Å²) in [6.07, 6.45) is -0.417. The van der Waals surface area contributed by atoms with Crippen LogP contribution in [-0.4, -0.2) is 47.6 Å². The Labute approximate surface area is 128 Å². The van der Waals surface area contributed by atoms with Gasteiger partial charge in [-0.3, -0.25) is 0 Å². The fourth-order valence-electron chi connectivity index (χ4n) is 1.64. The zero-order chi connectivity index (χ0) is 14.8. The molecule has 0 atom stereocenters. The van der Waals surface area contributed by atoms with Crippen LogP contribution >= 0.6 is 15.9 Å². The van der Waals surface area contributed by atoms with Crippen LogP contribution in [0.15, 0.2) is 22.7 Å². The van der Waals surface area contributed by atoms with Gasteiger partial charge < -0.3 is 24.3 Å². The molecule has 1 aromatic carbocycles. The van der Waals surface area contributed by atoms with Gasteiger partial charge in [0, 0.05) is 30.8 Å². The molecule has 0 amide bonds. The van der Waals surface area contributed by atoms with Crippen LogP contribution in [-0.2, 0) is 14.2 Å². The summed E-state index contributed by atoms with van der Waals surface area (Å²) in [5, 5.41) is 3.02. The second kappa shape index (κ2) is 10.1. The van der Waals surface area contributed by atoms with E-state index in [-0.39, 0.29) is 0 Å². The summed E-state index contributed by atoms with van der Waals surface area (Å²) >= 11 is 3.48. The Morgan fingerprint density at radius 3 is 2.55 bits per heavy atom. The minimum absolute atomic E-state index is 0.417. The van der Waals surface area contributed by atoms with E-state index in [1.54, 1.807) is 14.2 Å². The van der Waals surface area contributed by atoms with Gasteiger partial charge >= 0.3 is 0 Å². The standard InChI is InChI=1S/C14H22BrNO4/c1-16-6-7-19-8-9-20-11-4-5-13(15)12(10-11)14(17-2)18-3/h4-5,10,14,16H,6-9H2,1-3H3. The van der Waals surface area contributed by atoms with Crippen molar-refractivity contribution in [3.8, 4) is 5.75 Å². The maximum absolute atomic E-state index is 5.64. The molecule has 0 aromatic heterocycles. The first kappa shape index (κ1) is 17.4. The molecule has 0 fully saturated rings. The minimum atomic E-state index is -0.417. The Morgan fingerprint density at radius 2 is 1.90 bits per heavy atom. The van der Waals surface area contributed by atoms with Gasteiger partial charge in [-0.1, -0.05) is 15.9 Å². The quantitative estimate of drug-likeness (QED) is 0.520. The Kier molecular flexibility index (Phi) is 8.80. The molecule has 0 aliphatic heterocycles. The third kappa shape index (κ3) is 5.76. The highest BCUT2D eigenvalue weighted by Crippen LogP contribution is 2.29. The molecule has 5 nitrogen and oxygen atoms in total. The minimum Gasteiger partial charge on any atom is -0.491 e. The first-order chi connectivity index (χ1) is 9.72. The van der Waals surface area contributed by atoms with E-state index in [1.807, 2.05) is 25.2 Å². The van der Waals surface area contributed by atoms with Crippen molar-refractivity contribution in [3.05, 3.63) is 28.2 Å². The first-order valence-corrected chi connectivity index (χ1v) is 7.22. The van der Waals surface area contributed by atoms with Gasteiger partial charge in [-0.15, -0.1) is 0 Å². The zero-order valence-electron chi connectivity index (χ0n) is 12.1. The molecule has 1 aromatic rings. The summed E-state index contributed by atoms with van der Waals surface area (Å²) in [6.45, 7) is 2.59. The summed E-state index contributed by atoms with van der Waals surface area (Å²) in [4.78, 5) is 0. The second-order valence-corrected chi connectivity index (χ2v) is 4.91. The van der Waals surface area contributed by atoms with Crippen LogP contribution in [0.3, 0.4) is 0 Å². The molecule has 0 saturated carbocycles. The molecule has 0 spiro atoms. The lowest BCUT2D eigenvalue weighted by molar-refractivity contribution is -0.106. The van der Waals surface area contributed by atoms with E-state index in [0.717, 1.165) is 22.3 Å². The lowest BCUT2D eigenvalue weighted by Gasteiger charge is -2.16. The second-order valence-electron chi connectivity index (χ2n) is 4.05. The molecule has 1 rings (SSSR count). The fourth-order valence-corrected chi connectivity index (χ4v) is 2.07. The van der Waals surface area contributed by atoms with E-state index < -0.39 is 6.29 Å². The van der Waals surface area contributed by atoms with Crippen LogP contribution in [0.4, 0.5) is 0 Å². The summed E-state index contributed by atoms with van der Waals surface area (Å²) < 4.78 is 22.5. The van der Waals surface area contributed by atoms with Crippen molar-refractivity contribution in [2.45, 2.75) is 6.29 Å². The number of nitrogens with one attached hydrogen (secondary N) is 1. The number of benzene rings is 1. The van der Waals surface area contributed by atoms with E-state index in [1.165, 1.54) is 0 Å². The van der Waals surface area contributed by atoms with Crippen LogP contribution < -0.4 is 10.1 Å². The molecule has 0 saturated heterocycles. The van der Waals surface area contributed by atoms with Crippen molar-refractivity contribution in [1.82, 2.24) is 5.32 Å². The van der Waals surface area contributed by atoms with Crippen molar-refractivity contribution in [3.63, 3.8) is 0 Å².